The second-order valence-electron chi connectivity index (χ2n) is 8.11. The van der Waals surface area contributed by atoms with Crippen molar-refractivity contribution in [3.8, 4) is 0 Å². The lowest BCUT2D eigenvalue weighted by atomic mass is 10.0. The van der Waals surface area contributed by atoms with E-state index in [-0.39, 0.29) is 6.54 Å². The lowest BCUT2D eigenvalue weighted by Crippen LogP contribution is -2.50. The van der Waals surface area contributed by atoms with Crippen LogP contribution in [0.2, 0.25) is 0 Å². The number of nitrogens with zero attached hydrogens (tertiary/aromatic N) is 1. The highest BCUT2D eigenvalue weighted by atomic mass is 16.6. The summed E-state index contributed by atoms with van der Waals surface area (Å²) in [6.07, 6.45) is 0.0891. The van der Waals surface area contributed by atoms with Crippen molar-refractivity contribution in [1.82, 2.24) is 15.5 Å². The van der Waals surface area contributed by atoms with Gasteiger partial charge in [0.25, 0.3) is 0 Å². The van der Waals surface area contributed by atoms with E-state index in [1.807, 2.05) is 19.1 Å². The summed E-state index contributed by atoms with van der Waals surface area (Å²) in [7, 11) is 2.68. The Morgan fingerprint density at radius 2 is 1.68 bits per heavy atom. The third-order valence-corrected chi connectivity index (χ3v) is 4.43. The number of esters is 1. The van der Waals surface area contributed by atoms with Crippen molar-refractivity contribution >= 4 is 23.9 Å². The Bertz CT molecular complexity index is 785. The first-order valence-corrected chi connectivity index (χ1v) is 10.1. The second-order valence-corrected chi connectivity index (χ2v) is 8.11. The van der Waals surface area contributed by atoms with Crippen LogP contribution >= 0.6 is 0 Å². The van der Waals surface area contributed by atoms with Gasteiger partial charge in [-0.2, -0.15) is 0 Å². The van der Waals surface area contributed by atoms with Gasteiger partial charge in [0.2, 0.25) is 11.8 Å². The van der Waals surface area contributed by atoms with Gasteiger partial charge in [-0.1, -0.05) is 31.2 Å². The number of aryl methyl sites for hydroxylation is 1. The third-order valence-electron chi connectivity index (χ3n) is 4.43. The summed E-state index contributed by atoms with van der Waals surface area (Å²) in [4.78, 5) is 50.5. The van der Waals surface area contributed by atoms with Crippen LogP contribution in [0.4, 0.5) is 4.79 Å². The van der Waals surface area contributed by atoms with Gasteiger partial charge in [-0.05, 0) is 45.2 Å². The Kier molecular flexibility index (Phi) is 9.48. The molecule has 31 heavy (non-hydrogen) atoms. The number of likely N-dealkylation sites (N-methyl/N-ethyl adjacent to an activating group) is 1. The number of carbonyl (C=O) groups excluding carboxylic acids is 4. The van der Waals surface area contributed by atoms with Crippen LogP contribution in [0.3, 0.4) is 0 Å². The van der Waals surface area contributed by atoms with Crippen molar-refractivity contribution in [1.29, 1.82) is 0 Å². The molecule has 0 saturated heterocycles. The van der Waals surface area contributed by atoms with E-state index in [9.17, 15) is 19.2 Å². The molecule has 1 aromatic rings. The quantitative estimate of drug-likeness (QED) is 0.604. The molecule has 2 atom stereocenters. The fourth-order valence-corrected chi connectivity index (χ4v) is 2.79. The molecule has 172 valence electrons. The molecule has 0 radical (unpaired) electrons. The van der Waals surface area contributed by atoms with Crippen LogP contribution in [-0.4, -0.2) is 61.1 Å². The van der Waals surface area contributed by atoms with Gasteiger partial charge < -0.3 is 25.0 Å². The summed E-state index contributed by atoms with van der Waals surface area (Å²) < 4.78 is 9.73. The number of nitrogens with one attached hydrogen (secondary N) is 2. The van der Waals surface area contributed by atoms with Gasteiger partial charge in [0.1, 0.15) is 24.2 Å². The fourth-order valence-electron chi connectivity index (χ4n) is 2.79. The summed E-state index contributed by atoms with van der Waals surface area (Å²) >= 11 is 0. The van der Waals surface area contributed by atoms with Crippen LogP contribution in [0, 0.1) is 0 Å². The van der Waals surface area contributed by atoms with E-state index in [0.29, 0.717) is 5.56 Å². The lowest BCUT2D eigenvalue weighted by molar-refractivity contribution is -0.143. The molecule has 9 heteroatoms. The SMILES string of the molecule is CCc1ccc(C(C(=O)NCC(=O)OC)N(C)C(=O)C(C)NC(=O)OC(C)(C)C)cc1. The monoisotopic (exact) mass is 435 g/mol. The Labute approximate surface area is 183 Å². The van der Waals surface area contributed by atoms with Crippen LogP contribution in [0.5, 0.6) is 0 Å². The molecule has 1 aromatic carbocycles. The van der Waals surface area contributed by atoms with E-state index in [2.05, 4.69) is 15.4 Å². The van der Waals surface area contributed by atoms with Gasteiger partial charge in [-0.3, -0.25) is 14.4 Å². The minimum atomic E-state index is -1.01. The van der Waals surface area contributed by atoms with E-state index in [0.717, 1.165) is 12.0 Å². The fraction of sp³-hybridized carbons (Fsp3) is 0.545. The Morgan fingerprint density at radius 1 is 1.10 bits per heavy atom. The number of hydrogen-bond donors (Lipinski definition) is 2. The molecular formula is C22H33N3O6. The molecule has 0 aliphatic carbocycles. The molecule has 0 saturated carbocycles. The Balaban J connectivity index is 3.06. The van der Waals surface area contributed by atoms with Gasteiger partial charge in [0, 0.05) is 7.05 Å². The maximum absolute atomic E-state index is 13.0. The van der Waals surface area contributed by atoms with Crippen molar-refractivity contribution in [2.75, 3.05) is 20.7 Å². The minimum Gasteiger partial charge on any atom is -0.468 e. The number of rotatable bonds is 8. The van der Waals surface area contributed by atoms with Gasteiger partial charge >= 0.3 is 12.1 Å². The molecule has 2 N–H and O–H groups in total. The summed E-state index contributed by atoms with van der Waals surface area (Å²) in [6, 6.07) is 5.32. The summed E-state index contributed by atoms with van der Waals surface area (Å²) in [6.45, 7) is 8.33. The van der Waals surface area contributed by atoms with Crippen molar-refractivity contribution in [2.45, 2.75) is 58.7 Å². The highest BCUT2D eigenvalue weighted by molar-refractivity contribution is 5.92. The van der Waals surface area contributed by atoms with Crippen molar-refractivity contribution in [3.05, 3.63) is 35.4 Å². The molecule has 0 heterocycles. The third kappa shape index (κ3) is 8.27. The molecule has 2 unspecified atom stereocenters. The van der Waals surface area contributed by atoms with Gasteiger partial charge in [0.05, 0.1) is 7.11 Å². The minimum absolute atomic E-state index is 0.327. The van der Waals surface area contributed by atoms with E-state index in [1.54, 1.807) is 32.9 Å². The average Bonchev–Trinajstić information content (AvgIpc) is 2.70. The van der Waals surface area contributed by atoms with Crippen LogP contribution in [0.15, 0.2) is 24.3 Å². The van der Waals surface area contributed by atoms with E-state index >= 15 is 0 Å². The van der Waals surface area contributed by atoms with E-state index in [1.165, 1.54) is 26.0 Å². The first-order valence-electron chi connectivity index (χ1n) is 10.1. The standard InChI is InChI=1S/C22H33N3O6/c1-8-15-9-11-16(12-10-15)18(19(27)23-13-17(26)30-7)25(6)20(28)14(2)24-21(29)31-22(3,4)5/h9-12,14,18H,8,13H2,1-7H3,(H,23,27)(H,24,29). The van der Waals surface area contributed by atoms with Crippen LogP contribution in [0.1, 0.15) is 51.8 Å². The predicted octanol–water partition coefficient (Wildman–Crippen LogP) is 1.95. The summed E-state index contributed by atoms with van der Waals surface area (Å²) in [5, 5.41) is 4.97. The molecule has 0 fully saturated rings. The number of amides is 3. The molecule has 0 aromatic heterocycles. The lowest BCUT2D eigenvalue weighted by Gasteiger charge is -2.30. The topological polar surface area (TPSA) is 114 Å². The molecule has 0 aliphatic heterocycles. The maximum atomic E-state index is 13.0. The predicted molar refractivity (Wildman–Crippen MR) is 115 cm³/mol. The Hall–Kier alpha value is -3.10. The molecule has 3 amide bonds. The second kappa shape index (κ2) is 11.3. The van der Waals surface area contributed by atoms with Gasteiger partial charge in [0.15, 0.2) is 0 Å². The largest absolute Gasteiger partial charge is 0.468 e. The number of hydrogen-bond acceptors (Lipinski definition) is 6. The van der Waals surface area contributed by atoms with E-state index < -0.39 is 41.6 Å². The van der Waals surface area contributed by atoms with Crippen LogP contribution < -0.4 is 10.6 Å². The zero-order valence-electron chi connectivity index (χ0n) is 19.3. The number of carbonyl (C=O) groups is 4. The van der Waals surface area contributed by atoms with Gasteiger partial charge in [-0.25, -0.2) is 4.79 Å². The highest BCUT2D eigenvalue weighted by Crippen LogP contribution is 2.22. The number of methoxy groups -OCH3 is 1. The Morgan fingerprint density at radius 3 is 2.16 bits per heavy atom. The number of ether oxygens (including phenoxy) is 2. The van der Waals surface area contributed by atoms with Crippen LogP contribution in [0.25, 0.3) is 0 Å². The van der Waals surface area contributed by atoms with Crippen molar-refractivity contribution < 1.29 is 28.7 Å². The van der Waals surface area contributed by atoms with E-state index in [4.69, 9.17) is 4.74 Å². The zero-order valence-corrected chi connectivity index (χ0v) is 19.3. The smallest absolute Gasteiger partial charge is 0.408 e. The summed E-state index contributed by atoms with van der Waals surface area (Å²) in [5.41, 5.74) is 0.932. The molecule has 1 rings (SSSR count). The van der Waals surface area contributed by atoms with Crippen molar-refractivity contribution in [2.24, 2.45) is 0 Å². The summed E-state index contributed by atoms with van der Waals surface area (Å²) in [5.74, 6) is -1.65. The molecule has 9 nitrogen and oxygen atoms in total. The first kappa shape index (κ1) is 25.9. The van der Waals surface area contributed by atoms with Gasteiger partial charge in [-0.15, -0.1) is 0 Å². The molecule has 0 spiro atoms. The average molecular weight is 436 g/mol. The molecular weight excluding hydrogens is 402 g/mol. The zero-order chi connectivity index (χ0) is 23.8. The normalized spacial score (nSPS) is 12.9. The van der Waals surface area contributed by atoms with Crippen LogP contribution in [-0.2, 0) is 30.3 Å². The number of alkyl carbamates (subject to hydrolysis) is 1. The highest BCUT2D eigenvalue weighted by Gasteiger charge is 2.32. The maximum Gasteiger partial charge on any atom is 0.408 e. The van der Waals surface area contributed by atoms with Crippen molar-refractivity contribution in [3.63, 3.8) is 0 Å². The first-order chi connectivity index (χ1) is 14.4. The molecule has 0 aliphatic rings. The number of benzene rings is 1. The molecule has 0 bridgehead atoms.